The molecule has 0 spiro atoms. The Bertz CT molecular complexity index is 486. The van der Waals surface area contributed by atoms with E-state index < -0.39 is 5.97 Å². The molecule has 0 radical (unpaired) electrons. The Morgan fingerprint density at radius 3 is 2.33 bits per heavy atom. The molecule has 0 aromatic carbocycles. The number of aryl methyl sites for hydroxylation is 2. The van der Waals surface area contributed by atoms with E-state index in [4.69, 9.17) is 5.11 Å². The van der Waals surface area contributed by atoms with Crippen LogP contribution in [0.3, 0.4) is 0 Å². The number of carboxylic acid groups (broad SMARTS) is 1. The molecule has 1 N–H and O–H groups in total. The van der Waals surface area contributed by atoms with Crippen molar-refractivity contribution in [2.24, 2.45) is 0 Å². The van der Waals surface area contributed by atoms with E-state index in [1.807, 2.05) is 0 Å². The van der Waals surface area contributed by atoms with Gasteiger partial charge in [0.2, 0.25) is 5.95 Å². The third-order valence-corrected chi connectivity index (χ3v) is 3.80. The van der Waals surface area contributed by atoms with Gasteiger partial charge in [0.05, 0.1) is 17.8 Å². The highest BCUT2D eigenvalue weighted by atomic mass is 16.4. The molecule has 2 heterocycles. The fourth-order valence-corrected chi connectivity index (χ4v) is 2.49. The molecule has 7 nitrogen and oxygen atoms in total. The van der Waals surface area contributed by atoms with Gasteiger partial charge in [0, 0.05) is 32.7 Å². The number of hydrogen-bond acceptors (Lipinski definition) is 6. The Kier molecular flexibility index (Phi) is 5.44. The Hall–Kier alpha value is -1.76. The molecule has 0 atom stereocenters. The fourth-order valence-electron chi connectivity index (χ4n) is 2.49. The predicted molar refractivity (Wildman–Crippen MR) is 79.5 cm³/mol. The van der Waals surface area contributed by atoms with Gasteiger partial charge in [-0.15, -0.1) is 5.10 Å². The molecule has 0 unspecified atom stereocenters. The van der Waals surface area contributed by atoms with Gasteiger partial charge in [0.25, 0.3) is 0 Å². The third-order valence-electron chi connectivity index (χ3n) is 3.80. The van der Waals surface area contributed by atoms with E-state index in [-0.39, 0.29) is 6.42 Å². The summed E-state index contributed by atoms with van der Waals surface area (Å²) in [5.74, 6) is -0.0466. The number of carbonyl (C=O) groups is 1. The zero-order valence-electron chi connectivity index (χ0n) is 12.7. The second-order valence-corrected chi connectivity index (χ2v) is 5.18. The number of hydrogen-bond donors (Lipinski definition) is 1. The first-order valence-corrected chi connectivity index (χ1v) is 7.55. The lowest BCUT2D eigenvalue weighted by atomic mass is 10.2. The van der Waals surface area contributed by atoms with Crippen LogP contribution in [0.4, 0.5) is 5.95 Å². The van der Waals surface area contributed by atoms with Gasteiger partial charge in [-0.3, -0.25) is 9.69 Å². The minimum Gasteiger partial charge on any atom is -0.481 e. The van der Waals surface area contributed by atoms with Crippen LogP contribution in [0.25, 0.3) is 0 Å². The first kappa shape index (κ1) is 15.6. The van der Waals surface area contributed by atoms with Crippen LogP contribution >= 0.6 is 0 Å². The van der Waals surface area contributed by atoms with Gasteiger partial charge in [0.1, 0.15) is 0 Å². The summed E-state index contributed by atoms with van der Waals surface area (Å²) in [4.78, 5) is 19.5. The van der Waals surface area contributed by atoms with Gasteiger partial charge in [-0.05, 0) is 12.8 Å². The maximum Gasteiger partial charge on any atom is 0.304 e. The molecule has 1 aliphatic rings. The van der Waals surface area contributed by atoms with Crippen molar-refractivity contribution in [3.05, 3.63) is 11.4 Å². The normalized spacial score (nSPS) is 16.2. The molecule has 1 aromatic heterocycles. The number of rotatable bonds is 6. The van der Waals surface area contributed by atoms with Crippen LogP contribution in [-0.4, -0.2) is 63.9 Å². The van der Waals surface area contributed by atoms with Crippen LogP contribution in [0.2, 0.25) is 0 Å². The van der Waals surface area contributed by atoms with E-state index >= 15 is 0 Å². The monoisotopic (exact) mass is 293 g/mol. The molecule has 0 amide bonds. The Morgan fingerprint density at radius 1 is 1.10 bits per heavy atom. The van der Waals surface area contributed by atoms with Crippen LogP contribution in [0.15, 0.2) is 0 Å². The highest BCUT2D eigenvalue weighted by molar-refractivity contribution is 5.66. The first-order valence-electron chi connectivity index (χ1n) is 7.55. The van der Waals surface area contributed by atoms with Gasteiger partial charge >= 0.3 is 5.97 Å². The molecule has 0 aliphatic carbocycles. The molecule has 1 saturated heterocycles. The average molecular weight is 293 g/mol. The summed E-state index contributed by atoms with van der Waals surface area (Å²) in [6.45, 7) is 8.06. The molecule has 116 valence electrons. The summed E-state index contributed by atoms with van der Waals surface area (Å²) < 4.78 is 0. The molecule has 0 saturated carbocycles. The maximum absolute atomic E-state index is 10.6. The van der Waals surface area contributed by atoms with E-state index in [0.29, 0.717) is 12.5 Å². The van der Waals surface area contributed by atoms with Crippen LogP contribution in [0, 0.1) is 0 Å². The number of aliphatic carboxylic acids is 1. The zero-order valence-corrected chi connectivity index (χ0v) is 12.7. The summed E-state index contributed by atoms with van der Waals surface area (Å²) >= 11 is 0. The number of nitrogens with zero attached hydrogens (tertiary/aromatic N) is 5. The number of anilines is 1. The zero-order chi connectivity index (χ0) is 15.2. The van der Waals surface area contributed by atoms with Crippen LogP contribution < -0.4 is 4.90 Å². The Labute approximate surface area is 125 Å². The van der Waals surface area contributed by atoms with Crippen molar-refractivity contribution in [3.8, 4) is 0 Å². The van der Waals surface area contributed by atoms with E-state index in [1.165, 1.54) is 0 Å². The molecule has 7 heteroatoms. The quantitative estimate of drug-likeness (QED) is 0.822. The lowest BCUT2D eigenvalue weighted by molar-refractivity contribution is -0.137. The highest BCUT2D eigenvalue weighted by Crippen LogP contribution is 2.13. The summed E-state index contributed by atoms with van der Waals surface area (Å²) in [5, 5.41) is 17.2. The van der Waals surface area contributed by atoms with Crippen LogP contribution in [0.1, 0.15) is 31.7 Å². The highest BCUT2D eigenvalue weighted by Gasteiger charge is 2.20. The molecular formula is C14H23N5O2. The minimum absolute atomic E-state index is 0.198. The molecule has 1 fully saturated rings. The Morgan fingerprint density at radius 2 is 1.76 bits per heavy atom. The lowest BCUT2D eigenvalue weighted by Gasteiger charge is -2.34. The molecule has 1 aromatic rings. The topological polar surface area (TPSA) is 82.5 Å². The molecule has 0 bridgehead atoms. The largest absolute Gasteiger partial charge is 0.481 e. The SMILES string of the molecule is CCc1nnc(N2CCN(CCC(=O)O)CC2)nc1CC. The average Bonchev–Trinajstić information content (AvgIpc) is 2.52. The third kappa shape index (κ3) is 4.10. The first-order chi connectivity index (χ1) is 10.1. The maximum atomic E-state index is 10.6. The van der Waals surface area contributed by atoms with Gasteiger partial charge in [0.15, 0.2) is 0 Å². The number of piperazine rings is 1. The molecular weight excluding hydrogens is 270 g/mol. The van der Waals surface area contributed by atoms with Crippen molar-refractivity contribution < 1.29 is 9.90 Å². The van der Waals surface area contributed by atoms with Gasteiger partial charge in [-0.25, -0.2) is 4.98 Å². The summed E-state index contributed by atoms with van der Waals surface area (Å²) in [7, 11) is 0. The van der Waals surface area contributed by atoms with Crippen LogP contribution in [-0.2, 0) is 17.6 Å². The van der Waals surface area contributed by atoms with E-state index in [0.717, 1.165) is 50.4 Å². The van der Waals surface area contributed by atoms with Gasteiger partial charge in [-0.1, -0.05) is 13.8 Å². The second kappa shape index (κ2) is 7.31. The second-order valence-electron chi connectivity index (χ2n) is 5.18. The minimum atomic E-state index is -0.743. The van der Waals surface area contributed by atoms with E-state index in [9.17, 15) is 4.79 Å². The van der Waals surface area contributed by atoms with Crippen molar-refractivity contribution in [3.63, 3.8) is 0 Å². The van der Waals surface area contributed by atoms with Gasteiger partial charge < -0.3 is 10.0 Å². The standard InChI is InChI=1S/C14H23N5O2/c1-3-11-12(4-2)16-17-14(15-11)19-9-7-18(8-10-19)6-5-13(20)21/h3-10H2,1-2H3,(H,20,21). The van der Waals surface area contributed by atoms with Crippen molar-refractivity contribution in [2.75, 3.05) is 37.6 Å². The van der Waals surface area contributed by atoms with Crippen molar-refractivity contribution in [2.45, 2.75) is 33.1 Å². The van der Waals surface area contributed by atoms with E-state index in [2.05, 4.69) is 38.8 Å². The van der Waals surface area contributed by atoms with Crippen LogP contribution in [0.5, 0.6) is 0 Å². The molecule has 2 rings (SSSR count). The number of aromatic nitrogens is 3. The van der Waals surface area contributed by atoms with Crippen molar-refractivity contribution in [1.82, 2.24) is 20.1 Å². The summed E-state index contributed by atoms with van der Waals surface area (Å²) in [6.07, 6.45) is 1.92. The molecule has 21 heavy (non-hydrogen) atoms. The predicted octanol–water partition coefficient (Wildman–Crippen LogP) is 0.593. The van der Waals surface area contributed by atoms with Crippen molar-refractivity contribution in [1.29, 1.82) is 0 Å². The molecule has 1 aliphatic heterocycles. The smallest absolute Gasteiger partial charge is 0.304 e. The van der Waals surface area contributed by atoms with E-state index in [1.54, 1.807) is 0 Å². The van der Waals surface area contributed by atoms with Gasteiger partial charge in [-0.2, -0.15) is 5.10 Å². The summed E-state index contributed by atoms with van der Waals surface area (Å²) in [6, 6.07) is 0. The fraction of sp³-hybridized carbons (Fsp3) is 0.714. The Balaban J connectivity index is 1.94. The lowest BCUT2D eigenvalue weighted by Crippen LogP contribution is -2.47. The van der Waals surface area contributed by atoms with Crippen molar-refractivity contribution >= 4 is 11.9 Å². The summed E-state index contributed by atoms with van der Waals surface area (Å²) in [5.41, 5.74) is 2.00. The number of carboxylic acids is 1.